The molecule has 19 heavy (non-hydrogen) atoms. The topological polar surface area (TPSA) is 36.4 Å². The van der Waals surface area contributed by atoms with Crippen molar-refractivity contribution in [3.63, 3.8) is 0 Å². The third-order valence-electron chi connectivity index (χ3n) is 2.83. The highest BCUT2D eigenvalue weighted by atomic mass is 79.9. The maximum absolute atomic E-state index is 9.03. The van der Waals surface area contributed by atoms with E-state index in [1.165, 1.54) is 5.56 Å². The normalized spacial score (nSPS) is 10.4. The van der Waals surface area contributed by atoms with E-state index in [1.807, 2.05) is 36.4 Å². The van der Waals surface area contributed by atoms with Crippen LogP contribution in [0.15, 0.2) is 53.1 Å². The molecule has 3 nitrogen and oxygen atoms in total. The van der Waals surface area contributed by atoms with Crippen molar-refractivity contribution in [3.8, 4) is 0 Å². The van der Waals surface area contributed by atoms with Gasteiger partial charge in [0.2, 0.25) is 0 Å². The number of aliphatic hydroxyl groups is 1. The van der Waals surface area contributed by atoms with E-state index in [-0.39, 0.29) is 6.61 Å². The highest BCUT2D eigenvalue weighted by molar-refractivity contribution is 9.10. The molecule has 1 aromatic carbocycles. The molecule has 0 radical (unpaired) electrons. The average molecular weight is 321 g/mol. The molecule has 0 spiro atoms. The monoisotopic (exact) mass is 320 g/mol. The molecule has 1 aromatic heterocycles. The Morgan fingerprint density at radius 3 is 2.53 bits per heavy atom. The molecule has 0 atom stereocenters. The van der Waals surface area contributed by atoms with Gasteiger partial charge in [-0.05, 0) is 40.0 Å². The van der Waals surface area contributed by atoms with E-state index in [0.29, 0.717) is 0 Å². The summed E-state index contributed by atoms with van der Waals surface area (Å²) >= 11 is 3.40. The van der Waals surface area contributed by atoms with Crippen molar-refractivity contribution in [3.05, 3.63) is 58.7 Å². The molecule has 0 saturated heterocycles. The van der Waals surface area contributed by atoms with Crippen LogP contribution in [0.5, 0.6) is 0 Å². The van der Waals surface area contributed by atoms with Gasteiger partial charge >= 0.3 is 0 Å². The lowest BCUT2D eigenvalue weighted by atomic mass is 10.2. The van der Waals surface area contributed by atoms with Gasteiger partial charge in [-0.2, -0.15) is 0 Å². The molecule has 1 heterocycles. The van der Waals surface area contributed by atoms with Crippen LogP contribution in [0.25, 0.3) is 0 Å². The van der Waals surface area contributed by atoms with Crippen LogP contribution in [0.3, 0.4) is 0 Å². The van der Waals surface area contributed by atoms with Gasteiger partial charge in [0.05, 0.1) is 0 Å². The standard InChI is InChI=1S/C15H17BrN2O/c16-14-8-4-9-15(17-14)18(10-5-11-19)12-13-6-2-1-3-7-13/h1-4,6-9,19H,5,10-12H2. The van der Waals surface area contributed by atoms with Crippen molar-refractivity contribution in [2.75, 3.05) is 18.1 Å². The number of aliphatic hydroxyl groups excluding tert-OH is 1. The zero-order chi connectivity index (χ0) is 13.5. The van der Waals surface area contributed by atoms with Crippen molar-refractivity contribution < 1.29 is 5.11 Å². The average Bonchev–Trinajstić information content (AvgIpc) is 2.44. The Hall–Kier alpha value is -1.39. The molecule has 100 valence electrons. The summed E-state index contributed by atoms with van der Waals surface area (Å²) in [5.74, 6) is 0.923. The largest absolute Gasteiger partial charge is 0.396 e. The summed E-state index contributed by atoms with van der Waals surface area (Å²) in [7, 11) is 0. The van der Waals surface area contributed by atoms with Gasteiger partial charge in [0, 0.05) is 19.7 Å². The molecule has 0 bridgehead atoms. The van der Waals surface area contributed by atoms with Crippen LogP contribution in [0.4, 0.5) is 5.82 Å². The number of rotatable bonds is 6. The minimum Gasteiger partial charge on any atom is -0.396 e. The number of aromatic nitrogens is 1. The van der Waals surface area contributed by atoms with E-state index in [1.54, 1.807) is 0 Å². The molecule has 2 aromatic rings. The molecule has 0 unspecified atom stereocenters. The Morgan fingerprint density at radius 2 is 1.84 bits per heavy atom. The fraction of sp³-hybridized carbons (Fsp3) is 0.267. The summed E-state index contributed by atoms with van der Waals surface area (Å²) in [5, 5.41) is 9.03. The van der Waals surface area contributed by atoms with Gasteiger partial charge in [0.15, 0.2) is 0 Å². The minimum atomic E-state index is 0.194. The molecule has 0 saturated carbocycles. The van der Waals surface area contributed by atoms with Crippen molar-refractivity contribution in [1.82, 2.24) is 4.98 Å². The van der Waals surface area contributed by atoms with E-state index < -0.39 is 0 Å². The van der Waals surface area contributed by atoms with E-state index in [0.717, 1.165) is 29.9 Å². The fourth-order valence-corrected chi connectivity index (χ4v) is 2.25. The second kappa shape index (κ2) is 7.26. The highest BCUT2D eigenvalue weighted by Gasteiger charge is 2.08. The van der Waals surface area contributed by atoms with Crippen LogP contribution >= 0.6 is 15.9 Å². The van der Waals surface area contributed by atoms with Crippen LogP contribution < -0.4 is 4.90 Å². The van der Waals surface area contributed by atoms with E-state index >= 15 is 0 Å². The predicted octanol–water partition coefficient (Wildman–Crippen LogP) is 3.23. The van der Waals surface area contributed by atoms with Crippen molar-refractivity contribution in [1.29, 1.82) is 0 Å². The van der Waals surface area contributed by atoms with Gasteiger partial charge < -0.3 is 10.0 Å². The zero-order valence-corrected chi connectivity index (χ0v) is 12.3. The number of hydrogen-bond acceptors (Lipinski definition) is 3. The second-order valence-corrected chi connectivity index (χ2v) is 5.12. The third kappa shape index (κ3) is 4.33. The Balaban J connectivity index is 2.16. The van der Waals surface area contributed by atoms with Gasteiger partial charge in [-0.25, -0.2) is 4.98 Å². The first-order chi connectivity index (χ1) is 9.29. The lowest BCUT2D eigenvalue weighted by molar-refractivity contribution is 0.289. The lowest BCUT2D eigenvalue weighted by Gasteiger charge is -2.23. The molecule has 0 amide bonds. The first kappa shape index (κ1) is 14.0. The van der Waals surface area contributed by atoms with Crippen LogP contribution in [0.1, 0.15) is 12.0 Å². The fourth-order valence-electron chi connectivity index (χ4n) is 1.91. The summed E-state index contributed by atoms with van der Waals surface area (Å²) in [4.78, 5) is 6.66. The minimum absolute atomic E-state index is 0.194. The van der Waals surface area contributed by atoms with Crippen molar-refractivity contribution in [2.24, 2.45) is 0 Å². The smallest absolute Gasteiger partial charge is 0.130 e. The van der Waals surface area contributed by atoms with Crippen LogP contribution in [0, 0.1) is 0 Å². The summed E-state index contributed by atoms with van der Waals surface area (Å²) in [6, 6.07) is 16.2. The molecular formula is C15H17BrN2O. The Kier molecular flexibility index (Phi) is 5.36. The summed E-state index contributed by atoms with van der Waals surface area (Å²) < 4.78 is 0.826. The lowest BCUT2D eigenvalue weighted by Crippen LogP contribution is -2.25. The number of anilines is 1. The first-order valence-corrected chi connectivity index (χ1v) is 7.11. The number of pyridine rings is 1. The number of benzene rings is 1. The molecule has 0 aliphatic rings. The van der Waals surface area contributed by atoms with Crippen LogP contribution in [-0.2, 0) is 6.54 Å². The Labute approximate surface area is 122 Å². The molecule has 1 N–H and O–H groups in total. The predicted molar refractivity (Wildman–Crippen MR) is 81.1 cm³/mol. The van der Waals surface area contributed by atoms with Crippen molar-refractivity contribution in [2.45, 2.75) is 13.0 Å². The van der Waals surface area contributed by atoms with E-state index in [4.69, 9.17) is 5.11 Å². The van der Waals surface area contributed by atoms with E-state index in [2.05, 4.69) is 37.9 Å². The molecule has 0 aliphatic carbocycles. The maximum atomic E-state index is 9.03. The highest BCUT2D eigenvalue weighted by Crippen LogP contribution is 2.17. The van der Waals surface area contributed by atoms with Gasteiger partial charge in [0.25, 0.3) is 0 Å². The number of hydrogen-bond donors (Lipinski definition) is 1. The number of nitrogens with zero attached hydrogens (tertiary/aromatic N) is 2. The Bertz CT molecular complexity index is 505. The van der Waals surface area contributed by atoms with Gasteiger partial charge in [-0.1, -0.05) is 36.4 Å². The van der Waals surface area contributed by atoms with Crippen LogP contribution in [-0.4, -0.2) is 23.2 Å². The van der Waals surface area contributed by atoms with E-state index in [9.17, 15) is 0 Å². The first-order valence-electron chi connectivity index (χ1n) is 6.32. The van der Waals surface area contributed by atoms with Crippen LogP contribution in [0.2, 0.25) is 0 Å². The maximum Gasteiger partial charge on any atom is 0.130 e. The third-order valence-corrected chi connectivity index (χ3v) is 3.27. The van der Waals surface area contributed by atoms with Crippen molar-refractivity contribution >= 4 is 21.7 Å². The summed E-state index contributed by atoms with van der Waals surface area (Å²) in [6.45, 7) is 1.78. The molecular weight excluding hydrogens is 304 g/mol. The summed E-state index contributed by atoms with van der Waals surface area (Å²) in [5.41, 5.74) is 1.24. The SMILES string of the molecule is OCCCN(Cc1ccccc1)c1cccc(Br)n1. The molecule has 0 aliphatic heterocycles. The zero-order valence-electron chi connectivity index (χ0n) is 10.7. The molecule has 2 rings (SSSR count). The number of halogens is 1. The van der Waals surface area contributed by atoms with Gasteiger partial charge in [-0.15, -0.1) is 0 Å². The summed E-state index contributed by atoms with van der Waals surface area (Å²) in [6.07, 6.45) is 0.737. The van der Waals surface area contributed by atoms with Gasteiger partial charge in [0.1, 0.15) is 10.4 Å². The second-order valence-electron chi connectivity index (χ2n) is 4.30. The Morgan fingerprint density at radius 1 is 1.05 bits per heavy atom. The van der Waals surface area contributed by atoms with Gasteiger partial charge in [-0.3, -0.25) is 0 Å². The quantitative estimate of drug-likeness (QED) is 0.830. The molecule has 0 fully saturated rings. The molecule has 4 heteroatoms.